The van der Waals surface area contributed by atoms with E-state index in [-0.39, 0.29) is 18.4 Å². The molecular weight excluding hydrogens is 427 g/mol. The minimum absolute atomic E-state index is 0.0326. The molecule has 4 rings (SSSR count). The number of aliphatic hydroxyl groups is 1. The highest BCUT2D eigenvalue weighted by Gasteiger charge is 2.50. The van der Waals surface area contributed by atoms with Gasteiger partial charge in [0, 0.05) is 48.1 Å². The summed E-state index contributed by atoms with van der Waals surface area (Å²) < 4.78 is 40.1. The van der Waals surface area contributed by atoms with Gasteiger partial charge in [-0.1, -0.05) is 6.07 Å². The van der Waals surface area contributed by atoms with Crippen LogP contribution in [0.1, 0.15) is 22.4 Å². The normalized spacial score (nSPS) is 23.5. The van der Waals surface area contributed by atoms with Crippen molar-refractivity contribution >= 4 is 22.9 Å². The number of hydrogen-bond donors (Lipinski definition) is 1. The molecule has 0 aliphatic carbocycles. The Hall–Kier alpha value is -2.57. The van der Waals surface area contributed by atoms with Gasteiger partial charge in [0.15, 0.2) is 0 Å². The van der Waals surface area contributed by atoms with Crippen molar-refractivity contribution in [2.24, 2.45) is 11.3 Å². The van der Waals surface area contributed by atoms with Crippen LogP contribution in [0.4, 0.5) is 18.9 Å². The molecule has 2 saturated heterocycles. The fraction of sp³-hybridized carbons (Fsp3) is 0.455. The van der Waals surface area contributed by atoms with Crippen molar-refractivity contribution in [2.75, 3.05) is 37.7 Å². The topological polar surface area (TPSA) is 67.6 Å². The van der Waals surface area contributed by atoms with E-state index in [1.165, 1.54) is 23.5 Å². The number of rotatable bonds is 4. The Morgan fingerprint density at radius 3 is 2.77 bits per heavy atom. The number of fused-ring (bicyclic) bond motifs is 1. The molecule has 2 aromatic rings. The van der Waals surface area contributed by atoms with E-state index in [9.17, 15) is 23.1 Å². The van der Waals surface area contributed by atoms with Crippen LogP contribution in [0.15, 0.2) is 35.7 Å². The molecule has 2 atom stereocenters. The first-order chi connectivity index (χ1) is 14.8. The predicted molar refractivity (Wildman–Crippen MR) is 111 cm³/mol. The number of aliphatic hydroxyl groups excluding tert-OH is 1. The molecule has 9 heteroatoms. The number of carbonyl (C=O) groups excluding carboxylic acids is 1. The quantitative estimate of drug-likeness (QED) is 0.776. The second-order valence-corrected chi connectivity index (χ2v) is 9.32. The zero-order valence-corrected chi connectivity index (χ0v) is 17.5. The van der Waals surface area contributed by atoms with Gasteiger partial charge in [-0.25, -0.2) is 0 Å². The van der Waals surface area contributed by atoms with Gasteiger partial charge in [0.25, 0.3) is 0 Å². The van der Waals surface area contributed by atoms with Gasteiger partial charge in [-0.3, -0.25) is 4.79 Å². The van der Waals surface area contributed by atoms with E-state index in [1.54, 1.807) is 6.07 Å². The van der Waals surface area contributed by atoms with Crippen molar-refractivity contribution in [1.29, 1.82) is 5.26 Å². The molecule has 3 heterocycles. The molecule has 0 bridgehead atoms. The average Bonchev–Trinajstić information content (AvgIpc) is 3.39. The van der Waals surface area contributed by atoms with Crippen molar-refractivity contribution < 1.29 is 23.1 Å². The Labute approximate surface area is 182 Å². The maximum atomic E-state index is 13.4. The summed E-state index contributed by atoms with van der Waals surface area (Å²) in [7, 11) is 0. The van der Waals surface area contributed by atoms with Gasteiger partial charge in [-0.2, -0.15) is 18.4 Å². The summed E-state index contributed by atoms with van der Waals surface area (Å²) >= 11 is 1.53. The van der Waals surface area contributed by atoms with E-state index in [2.05, 4.69) is 0 Å². The van der Waals surface area contributed by atoms with Gasteiger partial charge in [0.1, 0.15) is 0 Å². The maximum absolute atomic E-state index is 13.4. The van der Waals surface area contributed by atoms with Gasteiger partial charge in [0.05, 0.1) is 30.2 Å². The number of amides is 1. The standard InChI is InChI=1S/C22H22F3N3O2S/c23-22(24,25)19-8-17(4-3-15(19)10-26)28-12-16-11-27(6-5-21(16,13-28)14-29)20(30)9-18-2-1-7-31-18/h1-4,7-8,16,29H,5-6,9,11-14H2/t16-,21+/m1/s1. The lowest BCUT2D eigenvalue weighted by Crippen LogP contribution is -2.50. The smallest absolute Gasteiger partial charge is 0.396 e. The fourth-order valence-electron chi connectivity index (χ4n) is 4.70. The third kappa shape index (κ3) is 4.14. The monoisotopic (exact) mass is 449 g/mol. The highest BCUT2D eigenvalue weighted by molar-refractivity contribution is 7.10. The molecule has 0 radical (unpaired) electrons. The highest BCUT2D eigenvalue weighted by Crippen LogP contribution is 2.45. The van der Waals surface area contributed by atoms with E-state index in [1.807, 2.05) is 27.3 Å². The molecule has 31 heavy (non-hydrogen) atoms. The molecule has 164 valence electrons. The Kier molecular flexibility index (Phi) is 5.71. The first-order valence-corrected chi connectivity index (χ1v) is 10.9. The van der Waals surface area contributed by atoms with Gasteiger partial charge in [-0.05, 0) is 36.1 Å². The highest BCUT2D eigenvalue weighted by atomic mass is 32.1. The molecule has 0 unspecified atom stereocenters. The maximum Gasteiger partial charge on any atom is 0.417 e. The van der Waals surface area contributed by atoms with Gasteiger partial charge >= 0.3 is 6.18 Å². The van der Waals surface area contributed by atoms with E-state index < -0.39 is 22.7 Å². The molecule has 1 aromatic heterocycles. The van der Waals surface area contributed by atoms with E-state index in [0.29, 0.717) is 44.7 Å². The minimum Gasteiger partial charge on any atom is -0.396 e. The summed E-state index contributed by atoms with van der Waals surface area (Å²) in [6, 6.07) is 9.16. The summed E-state index contributed by atoms with van der Waals surface area (Å²) in [4.78, 5) is 17.4. The third-order valence-electron chi connectivity index (χ3n) is 6.50. The van der Waals surface area contributed by atoms with Gasteiger partial charge in [-0.15, -0.1) is 11.3 Å². The number of piperidine rings is 1. The van der Waals surface area contributed by atoms with Crippen LogP contribution in [0.25, 0.3) is 0 Å². The lowest BCUT2D eigenvalue weighted by atomic mass is 9.73. The molecule has 0 spiro atoms. The Morgan fingerprint density at radius 1 is 1.32 bits per heavy atom. The number of likely N-dealkylation sites (tertiary alicyclic amines) is 1. The fourth-order valence-corrected chi connectivity index (χ4v) is 5.40. The molecule has 0 saturated carbocycles. The summed E-state index contributed by atoms with van der Waals surface area (Å²) in [5.74, 6) is -0.00585. The number of nitrogens with zero attached hydrogens (tertiary/aromatic N) is 3. The number of thiophene rings is 1. The van der Waals surface area contributed by atoms with Gasteiger partial charge < -0.3 is 14.9 Å². The molecule has 2 aliphatic heterocycles. The van der Waals surface area contributed by atoms with Crippen LogP contribution in [-0.2, 0) is 17.4 Å². The largest absolute Gasteiger partial charge is 0.417 e. The number of anilines is 1. The molecule has 1 aromatic carbocycles. The van der Waals surface area contributed by atoms with Crippen LogP contribution in [0.2, 0.25) is 0 Å². The van der Waals surface area contributed by atoms with Crippen LogP contribution < -0.4 is 4.90 Å². The summed E-state index contributed by atoms with van der Waals surface area (Å²) in [6.45, 7) is 1.79. The number of hydrogen-bond acceptors (Lipinski definition) is 5. The van der Waals surface area contributed by atoms with Crippen LogP contribution in [0.3, 0.4) is 0 Å². The predicted octanol–water partition coefficient (Wildman–Crippen LogP) is 3.53. The molecule has 2 fully saturated rings. The van der Waals surface area contributed by atoms with Gasteiger partial charge in [0.2, 0.25) is 5.91 Å². The zero-order valence-electron chi connectivity index (χ0n) is 16.7. The summed E-state index contributed by atoms with van der Waals surface area (Å²) in [6.07, 6.45) is -3.68. The Morgan fingerprint density at radius 2 is 2.13 bits per heavy atom. The van der Waals surface area contributed by atoms with Crippen molar-refractivity contribution in [1.82, 2.24) is 4.90 Å². The summed E-state index contributed by atoms with van der Waals surface area (Å²) in [5.41, 5.74) is -1.43. The van der Waals surface area contributed by atoms with Crippen molar-refractivity contribution in [3.8, 4) is 6.07 Å². The molecular formula is C22H22F3N3O2S. The SMILES string of the molecule is N#Cc1ccc(N2C[C@H]3CN(C(=O)Cc4cccs4)CC[C@@]3(CO)C2)cc1C(F)(F)F. The number of nitriles is 1. The van der Waals surface area contributed by atoms with Crippen LogP contribution >= 0.6 is 11.3 Å². The zero-order chi connectivity index (χ0) is 22.2. The lowest BCUT2D eigenvalue weighted by Gasteiger charge is -2.42. The second kappa shape index (κ2) is 8.17. The third-order valence-corrected chi connectivity index (χ3v) is 7.38. The number of alkyl halides is 3. The van der Waals surface area contributed by atoms with Crippen molar-refractivity contribution in [3.05, 3.63) is 51.7 Å². The van der Waals surface area contributed by atoms with Crippen molar-refractivity contribution in [2.45, 2.75) is 19.0 Å². The van der Waals surface area contributed by atoms with Crippen molar-refractivity contribution in [3.63, 3.8) is 0 Å². The second-order valence-electron chi connectivity index (χ2n) is 8.28. The Bertz CT molecular complexity index is 1000. The molecule has 5 nitrogen and oxygen atoms in total. The van der Waals surface area contributed by atoms with Crippen LogP contribution in [0, 0.1) is 22.7 Å². The first kappa shape index (κ1) is 21.7. The first-order valence-electron chi connectivity index (χ1n) is 10.0. The van der Waals surface area contributed by atoms with Crippen LogP contribution in [-0.4, -0.2) is 48.7 Å². The van der Waals surface area contributed by atoms with Crippen LogP contribution in [0.5, 0.6) is 0 Å². The minimum atomic E-state index is -4.62. The summed E-state index contributed by atoms with van der Waals surface area (Å²) in [5, 5.41) is 21.1. The number of halogens is 3. The number of carbonyl (C=O) groups is 1. The average molecular weight is 449 g/mol. The van der Waals surface area contributed by atoms with E-state index in [0.717, 1.165) is 10.9 Å². The van der Waals surface area contributed by atoms with E-state index in [4.69, 9.17) is 5.26 Å². The lowest BCUT2D eigenvalue weighted by molar-refractivity contribution is -0.137. The Balaban J connectivity index is 1.53. The number of benzene rings is 1. The molecule has 1 N–H and O–H groups in total. The van der Waals surface area contributed by atoms with E-state index >= 15 is 0 Å². The molecule has 2 aliphatic rings. The molecule has 1 amide bonds.